The molecule has 0 aromatic carbocycles. The van der Waals surface area contributed by atoms with E-state index in [4.69, 9.17) is 5.26 Å². The third-order valence-electron chi connectivity index (χ3n) is 1.66. The quantitative estimate of drug-likeness (QED) is 0.600. The average molecular weight is 176 g/mol. The standard InChI is InChI=1S/C9H8N2O2/c1-6-8(5-10)7(3-4-11-6)9(12)13-2/h3-4H,1-2H3. The van der Waals surface area contributed by atoms with E-state index in [1.54, 1.807) is 6.92 Å². The van der Waals surface area contributed by atoms with Crippen molar-refractivity contribution in [2.24, 2.45) is 0 Å². The molecule has 0 spiro atoms. The number of aromatic nitrogens is 1. The fraction of sp³-hybridized carbons (Fsp3) is 0.222. The molecule has 0 radical (unpaired) electrons. The van der Waals surface area contributed by atoms with Crippen LogP contribution in [0.1, 0.15) is 21.6 Å². The van der Waals surface area contributed by atoms with E-state index in [1.165, 1.54) is 19.4 Å². The van der Waals surface area contributed by atoms with E-state index in [2.05, 4.69) is 9.72 Å². The number of carbonyl (C=O) groups excluding carboxylic acids is 1. The fourth-order valence-corrected chi connectivity index (χ4v) is 0.988. The Labute approximate surface area is 75.8 Å². The molecule has 0 saturated carbocycles. The van der Waals surface area contributed by atoms with Crippen LogP contribution in [0.15, 0.2) is 12.3 Å². The molecule has 0 bridgehead atoms. The molecule has 0 fully saturated rings. The Kier molecular flexibility index (Phi) is 2.60. The summed E-state index contributed by atoms with van der Waals surface area (Å²) in [6.45, 7) is 1.67. The summed E-state index contributed by atoms with van der Waals surface area (Å²) in [5, 5.41) is 8.75. The van der Waals surface area contributed by atoms with Crippen LogP contribution in [0.25, 0.3) is 0 Å². The number of aryl methyl sites for hydroxylation is 1. The lowest BCUT2D eigenvalue weighted by Gasteiger charge is -2.02. The first-order valence-electron chi connectivity index (χ1n) is 3.64. The molecule has 0 atom stereocenters. The minimum atomic E-state index is -0.512. The van der Waals surface area contributed by atoms with Gasteiger partial charge in [-0.25, -0.2) is 4.79 Å². The first-order chi connectivity index (χ1) is 6.20. The van der Waals surface area contributed by atoms with Crippen molar-refractivity contribution in [3.63, 3.8) is 0 Å². The summed E-state index contributed by atoms with van der Waals surface area (Å²) in [7, 11) is 1.28. The molecule has 66 valence electrons. The molecule has 0 aliphatic rings. The smallest absolute Gasteiger partial charge is 0.339 e. The van der Waals surface area contributed by atoms with Gasteiger partial charge >= 0.3 is 5.97 Å². The van der Waals surface area contributed by atoms with Crippen molar-refractivity contribution >= 4 is 5.97 Å². The summed E-state index contributed by atoms with van der Waals surface area (Å²) in [5.41, 5.74) is 1.07. The fourth-order valence-electron chi connectivity index (χ4n) is 0.988. The number of ether oxygens (including phenoxy) is 1. The molecule has 0 amide bonds. The monoisotopic (exact) mass is 176 g/mol. The predicted octanol–water partition coefficient (Wildman–Crippen LogP) is 1.05. The SMILES string of the molecule is COC(=O)c1ccnc(C)c1C#N. The zero-order chi connectivity index (χ0) is 9.84. The highest BCUT2D eigenvalue weighted by Crippen LogP contribution is 2.11. The summed E-state index contributed by atoms with van der Waals surface area (Å²) in [6, 6.07) is 3.39. The van der Waals surface area contributed by atoms with E-state index in [0.29, 0.717) is 5.69 Å². The molecule has 1 rings (SSSR count). The second-order valence-corrected chi connectivity index (χ2v) is 2.42. The molecule has 13 heavy (non-hydrogen) atoms. The van der Waals surface area contributed by atoms with Crippen LogP contribution in [0.2, 0.25) is 0 Å². The third kappa shape index (κ3) is 1.64. The highest BCUT2D eigenvalue weighted by atomic mass is 16.5. The summed E-state index contributed by atoms with van der Waals surface area (Å²) >= 11 is 0. The first-order valence-corrected chi connectivity index (χ1v) is 3.64. The Morgan fingerprint density at radius 3 is 2.92 bits per heavy atom. The van der Waals surface area contributed by atoms with Gasteiger partial charge in [0.2, 0.25) is 0 Å². The van der Waals surface area contributed by atoms with Gasteiger partial charge in [-0.1, -0.05) is 0 Å². The van der Waals surface area contributed by atoms with Crippen molar-refractivity contribution in [3.8, 4) is 6.07 Å². The summed E-state index contributed by atoms with van der Waals surface area (Å²) in [6.07, 6.45) is 1.47. The predicted molar refractivity (Wildman–Crippen MR) is 45.0 cm³/mol. The largest absolute Gasteiger partial charge is 0.465 e. The number of hydrogen-bond acceptors (Lipinski definition) is 4. The first kappa shape index (κ1) is 9.20. The minimum Gasteiger partial charge on any atom is -0.465 e. The topological polar surface area (TPSA) is 63.0 Å². The van der Waals surface area contributed by atoms with Gasteiger partial charge in [-0.3, -0.25) is 4.98 Å². The number of rotatable bonds is 1. The molecule has 4 nitrogen and oxygen atoms in total. The highest BCUT2D eigenvalue weighted by Gasteiger charge is 2.13. The molecule has 0 aliphatic carbocycles. The van der Waals surface area contributed by atoms with Gasteiger partial charge in [0.1, 0.15) is 6.07 Å². The lowest BCUT2D eigenvalue weighted by molar-refractivity contribution is 0.0600. The number of pyridine rings is 1. The van der Waals surface area contributed by atoms with E-state index >= 15 is 0 Å². The van der Waals surface area contributed by atoms with Crippen molar-refractivity contribution in [2.75, 3.05) is 7.11 Å². The van der Waals surface area contributed by atoms with Gasteiger partial charge in [-0.15, -0.1) is 0 Å². The lowest BCUT2D eigenvalue weighted by atomic mass is 10.1. The number of esters is 1. The van der Waals surface area contributed by atoms with Gasteiger partial charge in [0.05, 0.1) is 23.9 Å². The molecule has 0 aliphatic heterocycles. The van der Waals surface area contributed by atoms with Crippen LogP contribution in [0.4, 0.5) is 0 Å². The molecule has 1 aromatic heterocycles. The van der Waals surface area contributed by atoms with Crippen LogP contribution in [0, 0.1) is 18.3 Å². The highest BCUT2D eigenvalue weighted by molar-refractivity contribution is 5.92. The maximum absolute atomic E-state index is 11.1. The number of carbonyl (C=O) groups is 1. The van der Waals surface area contributed by atoms with E-state index in [9.17, 15) is 4.79 Å². The average Bonchev–Trinajstić information content (AvgIpc) is 2.16. The number of hydrogen-bond donors (Lipinski definition) is 0. The van der Waals surface area contributed by atoms with Gasteiger partial charge < -0.3 is 4.74 Å². The van der Waals surface area contributed by atoms with Gasteiger partial charge in [0.15, 0.2) is 0 Å². The van der Waals surface area contributed by atoms with Crippen LogP contribution in [0.5, 0.6) is 0 Å². The Balaban J connectivity index is 3.30. The van der Waals surface area contributed by atoms with Gasteiger partial charge in [0.25, 0.3) is 0 Å². The molecule has 0 unspecified atom stereocenters. The van der Waals surface area contributed by atoms with Crippen molar-refractivity contribution in [1.29, 1.82) is 5.26 Å². The van der Waals surface area contributed by atoms with Gasteiger partial charge in [-0.05, 0) is 13.0 Å². The number of nitriles is 1. The van der Waals surface area contributed by atoms with E-state index in [0.717, 1.165) is 0 Å². The Bertz CT molecular complexity index is 380. The van der Waals surface area contributed by atoms with Crippen LogP contribution >= 0.6 is 0 Å². The molecule has 0 saturated heterocycles. The van der Waals surface area contributed by atoms with Crippen LogP contribution in [-0.2, 0) is 4.74 Å². The lowest BCUT2D eigenvalue weighted by Crippen LogP contribution is -2.06. The molecular formula is C9H8N2O2. The zero-order valence-electron chi connectivity index (χ0n) is 7.37. The maximum Gasteiger partial charge on any atom is 0.339 e. The molecule has 1 aromatic rings. The van der Waals surface area contributed by atoms with Gasteiger partial charge in [0, 0.05) is 6.20 Å². The molecule has 1 heterocycles. The maximum atomic E-state index is 11.1. The molecule has 4 heteroatoms. The second kappa shape index (κ2) is 3.68. The van der Waals surface area contributed by atoms with Crippen molar-refractivity contribution in [1.82, 2.24) is 4.98 Å². The van der Waals surface area contributed by atoms with E-state index in [-0.39, 0.29) is 11.1 Å². The minimum absolute atomic E-state index is 0.262. The Hall–Kier alpha value is -1.89. The van der Waals surface area contributed by atoms with E-state index in [1.807, 2.05) is 6.07 Å². The number of nitrogens with zero attached hydrogens (tertiary/aromatic N) is 2. The normalized spacial score (nSPS) is 9.00. The Morgan fingerprint density at radius 2 is 2.38 bits per heavy atom. The molecular weight excluding hydrogens is 168 g/mol. The van der Waals surface area contributed by atoms with Crippen molar-refractivity contribution in [3.05, 3.63) is 29.1 Å². The third-order valence-corrected chi connectivity index (χ3v) is 1.66. The van der Waals surface area contributed by atoms with Gasteiger partial charge in [-0.2, -0.15) is 5.26 Å². The second-order valence-electron chi connectivity index (χ2n) is 2.42. The van der Waals surface area contributed by atoms with Crippen LogP contribution in [-0.4, -0.2) is 18.1 Å². The van der Waals surface area contributed by atoms with E-state index < -0.39 is 5.97 Å². The molecule has 0 N–H and O–H groups in total. The Morgan fingerprint density at radius 1 is 1.69 bits per heavy atom. The summed E-state index contributed by atoms with van der Waals surface area (Å²) in [5.74, 6) is -0.512. The van der Waals surface area contributed by atoms with Crippen molar-refractivity contribution < 1.29 is 9.53 Å². The summed E-state index contributed by atoms with van der Waals surface area (Å²) < 4.78 is 4.52. The zero-order valence-corrected chi connectivity index (χ0v) is 7.37. The van der Waals surface area contributed by atoms with Crippen LogP contribution in [0.3, 0.4) is 0 Å². The van der Waals surface area contributed by atoms with Crippen molar-refractivity contribution in [2.45, 2.75) is 6.92 Å². The summed E-state index contributed by atoms with van der Waals surface area (Å²) in [4.78, 5) is 15.0. The van der Waals surface area contributed by atoms with Crippen LogP contribution < -0.4 is 0 Å². The number of methoxy groups -OCH3 is 1.